The number of hydrogen-bond acceptors (Lipinski definition) is 3. The molecule has 1 aliphatic rings. The topological polar surface area (TPSA) is 63.2 Å². The first kappa shape index (κ1) is 10.3. The second kappa shape index (κ2) is 3.15. The fourth-order valence-electron chi connectivity index (χ4n) is 1.12. The first-order chi connectivity index (χ1) is 5.61. The summed E-state index contributed by atoms with van der Waals surface area (Å²) in [5.74, 6) is -0.550. The summed E-state index contributed by atoms with van der Waals surface area (Å²) in [6.45, 7) is 0. The minimum atomic E-state index is -3.55. The fraction of sp³-hybridized carbons (Fsp3) is 0. The lowest BCUT2D eigenvalue weighted by Gasteiger charge is -1.91. The smallest absolute Gasteiger partial charge is 0.266 e. The van der Waals surface area contributed by atoms with E-state index in [1.165, 1.54) is 12.1 Å². The monoisotopic (exact) mass is 213 g/mol. The summed E-state index contributed by atoms with van der Waals surface area (Å²) in [5.41, 5.74) is 0.220. The van der Waals surface area contributed by atoms with Crippen molar-refractivity contribution < 1.29 is 13.2 Å². The van der Waals surface area contributed by atoms with Crippen LogP contribution in [0.3, 0.4) is 0 Å². The number of carbonyl (C=O) groups excluding carboxylic acids is 1. The molecule has 0 spiro atoms. The van der Waals surface area contributed by atoms with Crippen molar-refractivity contribution in [2.45, 2.75) is 4.90 Å². The SMILES string of the molecule is O=C1NS(=O)(=O)c2ccccc21.[AlH3]. The van der Waals surface area contributed by atoms with Gasteiger partial charge >= 0.3 is 0 Å². The average Bonchev–Trinajstić information content (AvgIpc) is 2.25. The standard InChI is InChI=1S/C7H5NO3S.Al.3H/c9-7-5-3-1-2-4-6(5)12(10,11)8-7;;;;/h1-4H,(H,8,9);;;;. The first-order valence-electron chi connectivity index (χ1n) is 3.27. The van der Waals surface area contributed by atoms with E-state index in [1.807, 2.05) is 4.72 Å². The summed E-state index contributed by atoms with van der Waals surface area (Å²) < 4.78 is 24.2. The molecule has 0 bridgehead atoms. The van der Waals surface area contributed by atoms with E-state index in [9.17, 15) is 13.2 Å². The number of sulfonamides is 1. The van der Waals surface area contributed by atoms with Crippen molar-refractivity contribution in [3.8, 4) is 0 Å². The molecule has 0 aliphatic carbocycles. The van der Waals surface area contributed by atoms with Gasteiger partial charge in [-0.2, -0.15) is 0 Å². The molecule has 1 aromatic carbocycles. The van der Waals surface area contributed by atoms with Crippen LogP contribution in [0.15, 0.2) is 29.2 Å². The normalized spacial score (nSPS) is 17.1. The second-order valence-corrected chi connectivity index (χ2v) is 4.08. The van der Waals surface area contributed by atoms with Gasteiger partial charge in [-0.25, -0.2) is 13.1 Å². The van der Waals surface area contributed by atoms with E-state index in [-0.39, 0.29) is 27.8 Å². The van der Waals surface area contributed by atoms with Crippen molar-refractivity contribution in [3.05, 3.63) is 29.8 Å². The molecule has 0 saturated heterocycles. The Morgan fingerprint density at radius 2 is 1.77 bits per heavy atom. The van der Waals surface area contributed by atoms with Crippen LogP contribution in [0.2, 0.25) is 0 Å². The maximum Gasteiger partial charge on any atom is 0.266 e. The molecule has 0 atom stereocenters. The highest BCUT2D eigenvalue weighted by atomic mass is 32.2. The maximum absolute atomic E-state index is 11.1. The van der Waals surface area contributed by atoms with Crippen LogP contribution in [0.25, 0.3) is 0 Å². The molecule has 1 aliphatic heterocycles. The van der Waals surface area contributed by atoms with Crippen LogP contribution < -0.4 is 4.72 Å². The quantitative estimate of drug-likeness (QED) is 0.558. The van der Waals surface area contributed by atoms with Crippen molar-refractivity contribution >= 4 is 33.3 Å². The zero-order valence-electron chi connectivity index (χ0n) is 5.94. The zero-order chi connectivity index (χ0) is 8.77. The molecule has 0 radical (unpaired) electrons. The molecule has 0 fully saturated rings. The van der Waals surface area contributed by atoms with Gasteiger partial charge in [-0.1, -0.05) is 12.1 Å². The minimum absolute atomic E-state index is 0. The maximum atomic E-state index is 11.1. The number of carbonyl (C=O) groups is 1. The lowest BCUT2D eigenvalue weighted by Crippen LogP contribution is -2.20. The van der Waals surface area contributed by atoms with Gasteiger partial charge in [0.15, 0.2) is 17.4 Å². The number of nitrogens with one attached hydrogen (secondary N) is 1. The Morgan fingerprint density at radius 3 is 2.38 bits per heavy atom. The van der Waals surface area contributed by atoms with E-state index < -0.39 is 15.9 Å². The van der Waals surface area contributed by atoms with E-state index >= 15 is 0 Å². The molecule has 0 unspecified atom stereocenters. The van der Waals surface area contributed by atoms with E-state index in [4.69, 9.17) is 0 Å². The first-order valence-corrected chi connectivity index (χ1v) is 4.76. The predicted molar refractivity (Wildman–Crippen MR) is 51.0 cm³/mol. The predicted octanol–water partition coefficient (Wildman–Crippen LogP) is -1.07. The molecule has 2 rings (SSSR count). The number of hydrogen-bond donors (Lipinski definition) is 1. The molecule has 0 saturated carbocycles. The highest BCUT2D eigenvalue weighted by Gasteiger charge is 2.31. The van der Waals surface area contributed by atoms with E-state index in [0.717, 1.165) is 0 Å². The summed E-state index contributed by atoms with van der Waals surface area (Å²) >= 11 is 0. The summed E-state index contributed by atoms with van der Waals surface area (Å²) in [5, 5.41) is 0. The molecule has 1 heterocycles. The van der Waals surface area contributed by atoms with E-state index in [1.54, 1.807) is 12.1 Å². The van der Waals surface area contributed by atoms with Crippen LogP contribution >= 0.6 is 0 Å². The molecule has 1 amide bonds. The largest absolute Gasteiger partial charge is 0.268 e. The summed E-state index contributed by atoms with van der Waals surface area (Å²) in [6.07, 6.45) is 0. The molecule has 1 aromatic rings. The number of rotatable bonds is 0. The Balaban J connectivity index is 0.000000845. The highest BCUT2D eigenvalue weighted by Crippen LogP contribution is 2.20. The molecular formula is C7H8AlNO3S. The van der Waals surface area contributed by atoms with E-state index in [0.29, 0.717) is 0 Å². The Hall–Kier alpha value is -0.828. The third kappa shape index (κ3) is 1.48. The Labute approximate surface area is 86.1 Å². The third-order valence-electron chi connectivity index (χ3n) is 1.65. The van der Waals surface area contributed by atoms with Crippen molar-refractivity contribution in [1.29, 1.82) is 0 Å². The van der Waals surface area contributed by atoms with Crippen LogP contribution in [0, 0.1) is 0 Å². The van der Waals surface area contributed by atoms with Gasteiger partial charge in [-0.05, 0) is 12.1 Å². The van der Waals surface area contributed by atoms with Gasteiger partial charge in [0.25, 0.3) is 15.9 Å². The van der Waals surface area contributed by atoms with Gasteiger partial charge < -0.3 is 0 Å². The average molecular weight is 213 g/mol. The van der Waals surface area contributed by atoms with Gasteiger partial charge in [0, 0.05) is 0 Å². The van der Waals surface area contributed by atoms with Crippen LogP contribution in [-0.2, 0) is 10.0 Å². The van der Waals surface area contributed by atoms with Crippen LogP contribution in [0.4, 0.5) is 0 Å². The third-order valence-corrected chi connectivity index (χ3v) is 3.04. The van der Waals surface area contributed by atoms with Crippen molar-refractivity contribution in [3.63, 3.8) is 0 Å². The van der Waals surface area contributed by atoms with Crippen LogP contribution in [-0.4, -0.2) is 31.7 Å². The van der Waals surface area contributed by atoms with Crippen molar-refractivity contribution in [2.75, 3.05) is 0 Å². The van der Waals surface area contributed by atoms with Gasteiger partial charge in [0.1, 0.15) is 4.90 Å². The fourth-order valence-corrected chi connectivity index (χ4v) is 2.29. The van der Waals surface area contributed by atoms with Crippen molar-refractivity contribution in [2.24, 2.45) is 0 Å². The molecular weight excluding hydrogens is 205 g/mol. The number of amides is 1. The van der Waals surface area contributed by atoms with E-state index in [2.05, 4.69) is 0 Å². The Kier molecular flexibility index (Phi) is 2.48. The Bertz CT molecular complexity index is 455. The van der Waals surface area contributed by atoms with Gasteiger partial charge in [0.2, 0.25) is 0 Å². The zero-order valence-corrected chi connectivity index (χ0v) is 6.76. The Morgan fingerprint density at radius 1 is 1.15 bits per heavy atom. The molecule has 6 heteroatoms. The summed E-state index contributed by atoms with van der Waals surface area (Å²) in [6, 6.07) is 6.09. The molecule has 68 valence electrons. The molecule has 0 aromatic heterocycles. The van der Waals surface area contributed by atoms with Crippen LogP contribution in [0.5, 0.6) is 0 Å². The molecule has 1 N–H and O–H groups in total. The van der Waals surface area contributed by atoms with Gasteiger partial charge in [0.05, 0.1) is 5.56 Å². The van der Waals surface area contributed by atoms with Crippen molar-refractivity contribution in [1.82, 2.24) is 4.72 Å². The number of benzene rings is 1. The summed E-state index contributed by atoms with van der Waals surface area (Å²) in [4.78, 5) is 11.1. The molecule has 4 nitrogen and oxygen atoms in total. The summed E-state index contributed by atoms with van der Waals surface area (Å²) in [7, 11) is -3.55. The minimum Gasteiger partial charge on any atom is -0.268 e. The highest BCUT2D eigenvalue weighted by molar-refractivity contribution is 7.90. The van der Waals surface area contributed by atoms with Crippen LogP contribution in [0.1, 0.15) is 10.4 Å². The molecule has 13 heavy (non-hydrogen) atoms. The van der Waals surface area contributed by atoms with Gasteiger partial charge in [-0.15, -0.1) is 0 Å². The second-order valence-electron chi connectivity index (χ2n) is 2.43. The lowest BCUT2D eigenvalue weighted by atomic mass is 10.2. The lowest BCUT2D eigenvalue weighted by molar-refractivity contribution is 0.0985. The van der Waals surface area contributed by atoms with Gasteiger partial charge in [-0.3, -0.25) is 4.79 Å². The number of fused-ring (bicyclic) bond motifs is 1.